The highest BCUT2D eigenvalue weighted by Crippen LogP contribution is 2.30. The van der Waals surface area contributed by atoms with E-state index in [0.717, 1.165) is 31.2 Å². The molecule has 5 nitrogen and oxygen atoms in total. The first-order chi connectivity index (χ1) is 10.1. The zero-order valence-corrected chi connectivity index (χ0v) is 12.7. The molecule has 1 N–H and O–H groups in total. The summed E-state index contributed by atoms with van der Waals surface area (Å²) >= 11 is 6.13. The fraction of sp³-hybridized carbons (Fsp3) is 0.600. The Kier molecular flexibility index (Phi) is 4.31. The molecule has 1 saturated heterocycles. The van der Waals surface area contributed by atoms with Crippen molar-refractivity contribution in [2.75, 3.05) is 18.4 Å². The van der Waals surface area contributed by atoms with Gasteiger partial charge < -0.3 is 5.32 Å². The molecule has 21 heavy (non-hydrogen) atoms. The lowest BCUT2D eigenvalue weighted by atomic mass is 10.2. The standard InChI is InChI=1S/C15H20ClN3O2/c16-14-9-13(19(20)21)5-6-15(14)17-11-7-8-18(10-11)12-3-1-2-4-12/h5-6,9,11-12,17H,1-4,7-8,10H2. The van der Waals surface area contributed by atoms with Crippen molar-refractivity contribution in [1.82, 2.24) is 4.90 Å². The lowest BCUT2D eigenvalue weighted by Crippen LogP contribution is -2.33. The van der Waals surface area contributed by atoms with Gasteiger partial charge in [0.2, 0.25) is 0 Å². The number of anilines is 1. The summed E-state index contributed by atoms with van der Waals surface area (Å²) < 4.78 is 0. The summed E-state index contributed by atoms with van der Waals surface area (Å²) in [6, 6.07) is 5.75. The number of hydrogen-bond donors (Lipinski definition) is 1. The minimum absolute atomic E-state index is 0.0320. The highest BCUT2D eigenvalue weighted by Gasteiger charge is 2.30. The Morgan fingerprint density at radius 2 is 2.05 bits per heavy atom. The minimum Gasteiger partial charge on any atom is -0.380 e. The normalized spacial score (nSPS) is 23.6. The van der Waals surface area contributed by atoms with Gasteiger partial charge in [-0.15, -0.1) is 0 Å². The molecule has 0 bridgehead atoms. The molecule has 0 radical (unpaired) electrons. The van der Waals surface area contributed by atoms with Crippen molar-refractivity contribution >= 4 is 23.0 Å². The van der Waals surface area contributed by atoms with E-state index in [1.165, 1.54) is 37.8 Å². The summed E-state index contributed by atoms with van der Waals surface area (Å²) in [4.78, 5) is 12.9. The number of likely N-dealkylation sites (tertiary alicyclic amines) is 1. The number of halogens is 1. The zero-order chi connectivity index (χ0) is 14.8. The van der Waals surface area contributed by atoms with Crippen LogP contribution in [-0.2, 0) is 0 Å². The van der Waals surface area contributed by atoms with Gasteiger partial charge in [0.15, 0.2) is 0 Å². The van der Waals surface area contributed by atoms with E-state index in [0.29, 0.717) is 11.1 Å². The van der Waals surface area contributed by atoms with E-state index in [2.05, 4.69) is 10.2 Å². The highest BCUT2D eigenvalue weighted by atomic mass is 35.5. The van der Waals surface area contributed by atoms with Gasteiger partial charge in [0.05, 0.1) is 15.6 Å². The Bertz CT molecular complexity index is 532. The Balaban J connectivity index is 1.61. The molecular formula is C15H20ClN3O2. The number of nitro benzene ring substituents is 1. The van der Waals surface area contributed by atoms with Crippen molar-refractivity contribution in [2.24, 2.45) is 0 Å². The van der Waals surface area contributed by atoms with E-state index in [-0.39, 0.29) is 5.69 Å². The maximum Gasteiger partial charge on any atom is 0.271 e. The molecule has 3 rings (SSSR count). The molecular weight excluding hydrogens is 290 g/mol. The first-order valence-electron chi connectivity index (χ1n) is 7.58. The molecule has 2 aliphatic rings. The van der Waals surface area contributed by atoms with Crippen LogP contribution >= 0.6 is 11.6 Å². The third kappa shape index (κ3) is 3.30. The minimum atomic E-state index is -0.424. The smallest absolute Gasteiger partial charge is 0.271 e. The second-order valence-corrected chi connectivity index (χ2v) is 6.39. The Morgan fingerprint density at radius 3 is 2.71 bits per heavy atom. The van der Waals surface area contributed by atoms with Crippen LogP contribution in [0.25, 0.3) is 0 Å². The molecule has 1 saturated carbocycles. The van der Waals surface area contributed by atoms with Crippen LogP contribution in [0.5, 0.6) is 0 Å². The van der Waals surface area contributed by atoms with E-state index < -0.39 is 4.92 Å². The van der Waals surface area contributed by atoms with Crippen LogP contribution in [0, 0.1) is 10.1 Å². The quantitative estimate of drug-likeness (QED) is 0.681. The SMILES string of the molecule is O=[N+]([O-])c1ccc(NC2CCN(C3CCCC3)C2)c(Cl)c1. The Hall–Kier alpha value is -1.33. The van der Waals surface area contributed by atoms with Gasteiger partial charge in [0, 0.05) is 37.3 Å². The summed E-state index contributed by atoms with van der Waals surface area (Å²) in [7, 11) is 0. The molecule has 1 heterocycles. The predicted octanol–water partition coefficient (Wildman–Crippen LogP) is 3.68. The number of nitrogens with one attached hydrogen (secondary N) is 1. The molecule has 0 amide bonds. The van der Waals surface area contributed by atoms with Crippen molar-refractivity contribution in [3.05, 3.63) is 33.3 Å². The number of non-ortho nitro benzene ring substituents is 1. The van der Waals surface area contributed by atoms with Crippen LogP contribution in [-0.4, -0.2) is 35.0 Å². The molecule has 0 aromatic heterocycles. The van der Waals surface area contributed by atoms with Crippen molar-refractivity contribution in [3.63, 3.8) is 0 Å². The molecule has 1 aromatic rings. The summed E-state index contributed by atoms with van der Waals surface area (Å²) in [6.45, 7) is 2.17. The summed E-state index contributed by atoms with van der Waals surface area (Å²) in [5.41, 5.74) is 0.824. The summed E-state index contributed by atoms with van der Waals surface area (Å²) in [5, 5.41) is 14.6. The summed E-state index contributed by atoms with van der Waals surface area (Å²) in [6.07, 6.45) is 6.46. The molecule has 6 heteroatoms. The van der Waals surface area contributed by atoms with Crippen molar-refractivity contribution in [3.8, 4) is 0 Å². The van der Waals surface area contributed by atoms with E-state index in [4.69, 9.17) is 11.6 Å². The zero-order valence-electron chi connectivity index (χ0n) is 11.9. The largest absolute Gasteiger partial charge is 0.380 e. The molecule has 1 aliphatic carbocycles. The van der Waals surface area contributed by atoms with E-state index in [9.17, 15) is 10.1 Å². The molecule has 2 fully saturated rings. The molecule has 1 unspecified atom stereocenters. The van der Waals surface area contributed by atoms with Gasteiger partial charge in [-0.25, -0.2) is 0 Å². The number of nitrogens with zero attached hydrogens (tertiary/aromatic N) is 2. The number of rotatable bonds is 4. The topological polar surface area (TPSA) is 58.4 Å². The molecule has 114 valence electrons. The first kappa shape index (κ1) is 14.6. The second-order valence-electron chi connectivity index (χ2n) is 5.98. The summed E-state index contributed by atoms with van der Waals surface area (Å²) in [5.74, 6) is 0. The third-order valence-corrected chi connectivity index (χ3v) is 4.90. The number of nitro groups is 1. The van der Waals surface area contributed by atoms with Crippen LogP contribution in [0.1, 0.15) is 32.1 Å². The van der Waals surface area contributed by atoms with Crippen LogP contribution in [0.2, 0.25) is 5.02 Å². The van der Waals surface area contributed by atoms with Crippen LogP contribution in [0.15, 0.2) is 18.2 Å². The van der Waals surface area contributed by atoms with E-state index >= 15 is 0 Å². The third-order valence-electron chi connectivity index (χ3n) is 4.58. The van der Waals surface area contributed by atoms with Gasteiger partial charge in [0.1, 0.15) is 0 Å². The van der Waals surface area contributed by atoms with E-state index in [1.54, 1.807) is 6.07 Å². The monoisotopic (exact) mass is 309 g/mol. The first-order valence-corrected chi connectivity index (χ1v) is 7.96. The fourth-order valence-electron chi connectivity index (χ4n) is 3.46. The Labute approximate surface area is 129 Å². The van der Waals surface area contributed by atoms with Gasteiger partial charge in [-0.1, -0.05) is 24.4 Å². The maximum absolute atomic E-state index is 10.7. The lowest BCUT2D eigenvalue weighted by Gasteiger charge is -2.23. The van der Waals surface area contributed by atoms with Gasteiger partial charge in [0.25, 0.3) is 5.69 Å². The number of hydrogen-bond acceptors (Lipinski definition) is 4. The van der Waals surface area contributed by atoms with Gasteiger partial charge in [-0.3, -0.25) is 15.0 Å². The Morgan fingerprint density at radius 1 is 1.29 bits per heavy atom. The van der Waals surface area contributed by atoms with Crippen molar-refractivity contribution in [2.45, 2.75) is 44.2 Å². The molecule has 0 spiro atoms. The van der Waals surface area contributed by atoms with Crippen molar-refractivity contribution < 1.29 is 4.92 Å². The predicted molar refractivity (Wildman–Crippen MR) is 84.0 cm³/mol. The lowest BCUT2D eigenvalue weighted by molar-refractivity contribution is -0.384. The van der Waals surface area contributed by atoms with Gasteiger partial charge in [-0.05, 0) is 25.3 Å². The van der Waals surface area contributed by atoms with Gasteiger partial charge in [-0.2, -0.15) is 0 Å². The van der Waals surface area contributed by atoms with Crippen LogP contribution < -0.4 is 5.32 Å². The molecule has 1 aliphatic heterocycles. The average Bonchev–Trinajstić information content (AvgIpc) is 3.11. The average molecular weight is 310 g/mol. The molecule has 1 atom stereocenters. The fourth-order valence-corrected chi connectivity index (χ4v) is 3.69. The second kappa shape index (κ2) is 6.20. The van der Waals surface area contributed by atoms with E-state index in [1.807, 2.05) is 0 Å². The van der Waals surface area contributed by atoms with Crippen LogP contribution in [0.4, 0.5) is 11.4 Å². The van der Waals surface area contributed by atoms with Crippen molar-refractivity contribution in [1.29, 1.82) is 0 Å². The molecule has 1 aromatic carbocycles. The maximum atomic E-state index is 10.7. The number of benzene rings is 1. The van der Waals surface area contributed by atoms with Crippen LogP contribution in [0.3, 0.4) is 0 Å². The van der Waals surface area contributed by atoms with Gasteiger partial charge >= 0.3 is 0 Å². The highest BCUT2D eigenvalue weighted by molar-refractivity contribution is 6.33.